The van der Waals surface area contributed by atoms with Crippen molar-refractivity contribution in [3.63, 3.8) is 0 Å². The summed E-state index contributed by atoms with van der Waals surface area (Å²) >= 11 is 0. The third-order valence-corrected chi connectivity index (χ3v) is 8.52. The molecule has 4 aromatic carbocycles. The highest BCUT2D eigenvalue weighted by molar-refractivity contribution is 6.09. The highest BCUT2D eigenvalue weighted by Gasteiger charge is 2.47. The molecule has 9 heteroatoms. The molecule has 0 spiro atoms. The zero-order chi connectivity index (χ0) is 32.5. The molecule has 2 N–H and O–H groups in total. The second-order valence-corrected chi connectivity index (χ2v) is 11.2. The first-order valence-electron chi connectivity index (χ1n) is 14.7. The van der Waals surface area contributed by atoms with Crippen molar-refractivity contribution in [2.45, 2.75) is 24.4 Å². The van der Waals surface area contributed by atoms with Crippen molar-refractivity contribution in [3.05, 3.63) is 138 Å². The van der Waals surface area contributed by atoms with Gasteiger partial charge in [-0.1, -0.05) is 78.9 Å². The van der Waals surface area contributed by atoms with Crippen molar-refractivity contribution in [3.8, 4) is 28.1 Å². The van der Waals surface area contributed by atoms with Crippen LogP contribution in [0.4, 0.5) is 18.9 Å². The molecular weight excluding hydrogens is 591 g/mol. The smallest absolute Gasteiger partial charge is 0.416 e. The zero-order valence-corrected chi connectivity index (χ0v) is 24.9. The molecule has 2 amide bonds. The molecule has 0 unspecified atom stereocenters. The third-order valence-electron chi connectivity index (χ3n) is 8.52. The van der Waals surface area contributed by atoms with Gasteiger partial charge in [0, 0.05) is 18.7 Å². The fraction of sp³-hybridized carbons (Fsp3) is 0.162. The average Bonchev–Trinajstić information content (AvgIpc) is 3.37. The number of carbonyl (C=O) groups is 2. The van der Waals surface area contributed by atoms with E-state index in [0.717, 1.165) is 34.4 Å². The third kappa shape index (κ3) is 5.49. The Morgan fingerprint density at radius 1 is 0.804 bits per heavy atom. The zero-order valence-electron chi connectivity index (χ0n) is 24.9. The molecule has 46 heavy (non-hydrogen) atoms. The number of fused-ring (bicyclic) bond motifs is 3. The topological polar surface area (TPSA) is 85.5 Å². The fourth-order valence-corrected chi connectivity index (χ4v) is 6.21. The number of hydrogen-bond donors (Lipinski definition) is 1. The number of pyridine rings is 1. The number of benzene rings is 4. The lowest BCUT2D eigenvalue weighted by Gasteiger charge is -2.28. The number of carbonyl (C=O) groups excluding carboxylic acids is 2. The van der Waals surface area contributed by atoms with E-state index < -0.39 is 23.1 Å². The van der Waals surface area contributed by atoms with Crippen molar-refractivity contribution in [2.24, 2.45) is 5.73 Å². The normalized spacial score (nSPS) is 13.0. The summed E-state index contributed by atoms with van der Waals surface area (Å²) in [5.74, 6) is -0.394. The van der Waals surface area contributed by atoms with Crippen LogP contribution in [0.2, 0.25) is 0 Å². The second-order valence-electron chi connectivity index (χ2n) is 11.2. The van der Waals surface area contributed by atoms with Crippen molar-refractivity contribution >= 4 is 17.5 Å². The summed E-state index contributed by atoms with van der Waals surface area (Å²) < 4.78 is 45.1. The Morgan fingerprint density at radius 2 is 1.39 bits per heavy atom. The average molecular weight is 622 g/mol. The number of hydrogen-bond acceptors (Lipinski definition) is 4. The van der Waals surface area contributed by atoms with E-state index in [-0.39, 0.29) is 5.91 Å². The van der Waals surface area contributed by atoms with Gasteiger partial charge in [0.25, 0.3) is 5.91 Å². The molecule has 0 saturated heterocycles. The van der Waals surface area contributed by atoms with E-state index in [0.29, 0.717) is 47.7 Å². The van der Waals surface area contributed by atoms with Crippen molar-refractivity contribution in [1.82, 2.24) is 4.98 Å². The molecule has 6 rings (SSSR count). The lowest BCUT2D eigenvalue weighted by atomic mass is 9.74. The van der Waals surface area contributed by atoms with Gasteiger partial charge in [-0.25, -0.2) is 4.98 Å². The summed E-state index contributed by atoms with van der Waals surface area (Å²) in [6.45, 7) is 0.293. The Kier molecular flexibility index (Phi) is 8.08. The molecule has 6 nitrogen and oxygen atoms in total. The number of primary amides is 1. The van der Waals surface area contributed by atoms with E-state index >= 15 is 0 Å². The van der Waals surface area contributed by atoms with Crippen molar-refractivity contribution < 1.29 is 27.5 Å². The summed E-state index contributed by atoms with van der Waals surface area (Å²) in [7, 11) is 1.60. The summed E-state index contributed by atoms with van der Waals surface area (Å²) in [4.78, 5) is 32.3. The van der Waals surface area contributed by atoms with Gasteiger partial charge in [0.1, 0.15) is 0 Å². The minimum Gasteiger partial charge on any atom is -0.478 e. The molecule has 1 aliphatic carbocycles. The molecule has 232 valence electrons. The second kappa shape index (κ2) is 12.2. The van der Waals surface area contributed by atoms with Crippen LogP contribution >= 0.6 is 0 Å². The van der Waals surface area contributed by atoms with Crippen LogP contribution in [-0.4, -0.2) is 30.5 Å². The minimum absolute atomic E-state index is 0.293. The molecule has 1 aliphatic rings. The predicted molar refractivity (Wildman–Crippen MR) is 170 cm³/mol. The van der Waals surface area contributed by atoms with E-state index in [1.165, 1.54) is 23.2 Å². The van der Waals surface area contributed by atoms with Gasteiger partial charge >= 0.3 is 6.18 Å². The summed E-state index contributed by atoms with van der Waals surface area (Å²) in [6, 6.07) is 30.5. The molecule has 5 aromatic rings. The first kappa shape index (κ1) is 30.6. The number of nitrogens with two attached hydrogens (primary N) is 1. The van der Waals surface area contributed by atoms with Crippen LogP contribution in [0.5, 0.6) is 5.88 Å². The van der Waals surface area contributed by atoms with Crippen molar-refractivity contribution in [1.29, 1.82) is 0 Å². The number of ether oxygens (including phenoxy) is 1. The van der Waals surface area contributed by atoms with Crippen LogP contribution in [0, 0.1) is 0 Å². The highest BCUT2D eigenvalue weighted by Crippen LogP contribution is 2.51. The molecule has 0 bridgehead atoms. The van der Waals surface area contributed by atoms with Gasteiger partial charge in [0.15, 0.2) is 0 Å². The predicted octanol–water partition coefficient (Wildman–Crippen LogP) is 7.66. The van der Waals surface area contributed by atoms with Gasteiger partial charge < -0.3 is 15.4 Å². The van der Waals surface area contributed by atoms with E-state index in [1.807, 2.05) is 48.5 Å². The standard InChI is InChI=1S/C37H30F3N3O3/c1-43(34(44)30-12-3-2-9-27(30)24-15-17-25(18-16-24)37(38,39)40)26-19-20-33(42-23-26)46-22-8-21-36(35(41)45)31-13-6-4-10-28(31)29-11-5-7-14-32(29)36/h2-7,9-20,23H,8,21-22H2,1H3,(H2,41,45). The summed E-state index contributed by atoms with van der Waals surface area (Å²) in [5.41, 5.74) is 10.0. The van der Waals surface area contributed by atoms with Crippen LogP contribution < -0.4 is 15.4 Å². The van der Waals surface area contributed by atoms with Crippen LogP contribution in [0.1, 0.15) is 39.9 Å². The summed E-state index contributed by atoms with van der Waals surface area (Å²) in [5, 5.41) is 0. The molecule has 0 atom stereocenters. The Bertz CT molecular complexity index is 1860. The molecule has 0 saturated carbocycles. The maximum absolute atomic E-state index is 13.5. The molecule has 0 fully saturated rings. The van der Waals surface area contributed by atoms with E-state index in [1.54, 1.807) is 43.4 Å². The Morgan fingerprint density at radius 3 is 1.96 bits per heavy atom. The minimum atomic E-state index is -4.45. The molecule has 1 aromatic heterocycles. The van der Waals surface area contributed by atoms with Crippen LogP contribution in [0.3, 0.4) is 0 Å². The van der Waals surface area contributed by atoms with Gasteiger partial charge in [-0.2, -0.15) is 13.2 Å². The monoisotopic (exact) mass is 621 g/mol. The lowest BCUT2D eigenvalue weighted by Crippen LogP contribution is -2.41. The van der Waals surface area contributed by atoms with Gasteiger partial charge in [0.2, 0.25) is 11.8 Å². The summed E-state index contributed by atoms with van der Waals surface area (Å²) in [6.07, 6.45) is -1.93. The number of anilines is 1. The van der Waals surface area contributed by atoms with Crippen LogP contribution in [-0.2, 0) is 16.4 Å². The van der Waals surface area contributed by atoms with Gasteiger partial charge in [-0.3, -0.25) is 9.59 Å². The van der Waals surface area contributed by atoms with Crippen LogP contribution in [0.25, 0.3) is 22.3 Å². The highest BCUT2D eigenvalue weighted by atomic mass is 19.4. The number of halogens is 3. The Hall–Kier alpha value is -5.44. The van der Waals surface area contributed by atoms with E-state index in [9.17, 15) is 22.8 Å². The number of amides is 2. The molecular formula is C37H30F3N3O3. The van der Waals surface area contributed by atoms with Gasteiger partial charge in [-0.15, -0.1) is 0 Å². The van der Waals surface area contributed by atoms with Crippen LogP contribution in [0.15, 0.2) is 115 Å². The fourth-order valence-electron chi connectivity index (χ4n) is 6.21. The quantitative estimate of drug-likeness (QED) is 0.171. The SMILES string of the molecule is CN(C(=O)c1ccccc1-c1ccc(C(F)(F)F)cc1)c1ccc(OCCCC2(C(N)=O)c3ccccc3-c3ccccc32)nc1. The first-order chi connectivity index (χ1) is 22.1. The largest absolute Gasteiger partial charge is 0.478 e. The number of aromatic nitrogens is 1. The Balaban J connectivity index is 1.12. The van der Waals surface area contributed by atoms with Gasteiger partial charge in [-0.05, 0) is 70.5 Å². The van der Waals surface area contributed by atoms with Gasteiger partial charge in [0.05, 0.1) is 29.5 Å². The molecule has 0 aliphatic heterocycles. The number of nitrogens with zero attached hydrogens (tertiary/aromatic N) is 2. The number of alkyl halides is 3. The van der Waals surface area contributed by atoms with Crippen molar-refractivity contribution in [2.75, 3.05) is 18.6 Å². The van der Waals surface area contributed by atoms with E-state index in [2.05, 4.69) is 4.98 Å². The maximum Gasteiger partial charge on any atom is 0.416 e. The lowest BCUT2D eigenvalue weighted by molar-refractivity contribution is -0.137. The Labute approximate surface area is 264 Å². The maximum atomic E-state index is 13.5. The molecule has 0 radical (unpaired) electrons. The first-order valence-corrected chi connectivity index (χ1v) is 14.7. The number of rotatable bonds is 9. The molecule has 1 heterocycles. The van der Waals surface area contributed by atoms with E-state index in [4.69, 9.17) is 10.5 Å².